The van der Waals surface area contributed by atoms with Crippen LogP contribution < -0.4 is 5.32 Å². The van der Waals surface area contributed by atoms with Crippen molar-refractivity contribution >= 4 is 17.2 Å². The van der Waals surface area contributed by atoms with E-state index in [1.165, 1.54) is 4.88 Å². The number of piperidine rings is 1. The van der Waals surface area contributed by atoms with Crippen LogP contribution in [0.5, 0.6) is 0 Å². The average Bonchev–Trinajstić information content (AvgIpc) is 2.92. The van der Waals surface area contributed by atoms with Crippen LogP contribution in [0.25, 0.3) is 11.1 Å². The third kappa shape index (κ3) is 3.23. The first kappa shape index (κ1) is 15.3. The molecule has 1 amide bonds. The van der Waals surface area contributed by atoms with Gasteiger partial charge >= 0.3 is 0 Å². The molecule has 116 valence electrons. The van der Waals surface area contributed by atoms with Gasteiger partial charge in [-0.05, 0) is 45.5 Å². The number of carbonyl (C=O) groups excluding carboxylic acids is 1. The van der Waals surface area contributed by atoms with Crippen LogP contribution in [-0.4, -0.2) is 37.0 Å². The summed E-state index contributed by atoms with van der Waals surface area (Å²) in [4.78, 5) is 16.2. The number of likely N-dealkylation sites (tertiary alicyclic amines) is 1. The maximum Gasteiger partial charge on any atom is 0.252 e. The van der Waals surface area contributed by atoms with Gasteiger partial charge in [0.25, 0.3) is 5.91 Å². The Bertz CT molecular complexity index is 642. The molecule has 2 heterocycles. The molecule has 3 nitrogen and oxygen atoms in total. The molecule has 1 aromatic carbocycles. The first-order valence-corrected chi connectivity index (χ1v) is 8.66. The zero-order valence-electron chi connectivity index (χ0n) is 13.1. The Balaban J connectivity index is 1.79. The van der Waals surface area contributed by atoms with Crippen LogP contribution in [-0.2, 0) is 0 Å². The highest BCUT2D eigenvalue weighted by atomic mass is 32.1. The first-order valence-electron chi connectivity index (χ1n) is 7.78. The Morgan fingerprint density at radius 1 is 1.23 bits per heavy atom. The van der Waals surface area contributed by atoms with Crippen LogP contribution >= 0.6 is 11.3 Å². The predicted octanol–water partition coefficient (Wildman–Crippen LogP) is 3.55. The van der Waals surface area contributed by atoms with Gasteiger partial charge in [-0.2, -0.15) is 0 Å². The summed E-state index contributed by atoms with van der Waals surface area (Å²) in [5.74, 6) is 0.0674. The van der Waals surface area contributed by atoms with Gasteiger partial charge in [0.1, 0.15) is 0 Å². The lowest BCUT2D eigenvalue weighted by Gasteiger charge is -2.29. The van der Waals surface area contributed by atoms with Crippen LogP contribution in [0, 0.1) is 6.92 Å². The van der Waals surface area contributed by atoms with Crippen molar-refractivity contribution in [2.24, 2.45) is 0 Å². The standard InChI is InChI=1S/C18H22N2OS/c1-13-17(14-6-4-3-5-7-14)16(12-22-13)18(21)19-15-8-10-20(2)11-9-15/h3-7,12,15H,8-11H2,1-2H3,(H,19,21). The van der Waals surface area contributed by atoms with E-state index < -0.39 is 0 Å². The molecule has 1 aliphatic heterocycles. The fourth-order valence-electron chi connectivity index (χ4n) is 3.00. The van der Waals surface area contributed by atoms with Crippen molar-refractivity contribution in [1.82, 2.24) is 10.2 Å². The van der Waals surface area contributed by atoms with Gasteiger partial charge in [0.05, 0.1) is 5.56 Å². The zero-order valence-corrected chi connectivity index (χ0v) is 14.0. The van der Waals surface area contributed by atoms with Crippen molar-refractivity contribution in [2.45, 2.75) is 25.8 Å². The monoisotopic (exact) mass is 314 g/mol. The van der Waals surface area contributed by atoms with Crippen molar-refractivity contribution in [3.8, 4) is 11.1 Å². The lowest BCUT2D eigenvalue weighted by molar-refractivity contribution is 0.0918. The summed E-state index contributed by atoms with van der Waals surface area (Å²) in [7, 11) is 2.13. The molecule has 3 rings (SSSR count). The van der Waals surface area contributed by atoms with Gasteiger partial charge in [-0.15, -0.1) is 11.3 Å². The Morgan fingerprint density at radius 3 is 2.59 bits per heavy atom. The number of hydrogen-bond acceptors (Lipinski definition) is 3. The van der Waals surface area contributed by atoms with E-state index in [2.05, 4.69) is 36.3 Å². The Labute approximate surface area is 136 Å². The molecule has 0 saturated carbocycles. The number of thiophene rings is 1. The van der Waals surface area contributed by atoms with Gasteiger partial charge in [-0.1, -0.05) is 30.3 Å². The highest BCUT2D eigenvalue weighted by molar-refractivity contribution is 7.10. The normalized spacial score (nSPS) is 16.6. The van der Waals surface area contributed by atoms with Gasteiger partial charge in [-0.3, -0.25) is 4.79 Å². The number of aryl methyl sites for hydroxylation is 1. The molecule has 0 unspecified atom stereocenters. The number of amides is 1. The number of carbonyl (C=O) groups is 1. The van der Waals surface area contributed by atoms with E-state index in [4.69, 9.17) is 0 Å². The molecule has 0 spiro atoms. The molecule has 1 fully saturated rings. The molecule has 0 radical (unpaired) electrons. The minimum atomic E-state index is 0.0674. The summed E-state index contributed by atoms with van der Waals surface area (Å²) in [6, 6.07) is 10.5. The van der Waals surface area contributed by atoms with E-state index in [0.717, 1.165) is 42.6 Å². The molecule has 1 N–H and O–H groups in total. The second kappa shape index (κ2) is 6.63. The van der Waals surface area contributed by atoms with E-state index in [9.17, 15) is 4.79 Å². The second-order valence-electron chi connectivity index (χ2n) is 6.00. The fraction of sp³-hybridized carbons (Fsp3) is 0.389. The summed E-state index contributed by atoms with van der Waals surface area (Å²) in [6.45, 7) is 4.19. The van der Waals surface area contributed by atoms with E-state index >= 15 is 0 Å². The van der Waals surface area contributed by atoms with Gasteiger partial charge in [0.15, 0.2) is 0 Å². The molecule has 22 heavy (non-hydrogen) atoms. The maximum absolute atomic E-state index is 12.7. The van der Waals surface area contributed by atoms with Crippen molar-refractivity contribution in [3.63, 3.8) is 0 Å². The van der Waals surface area contributed by atoms with Crippen molar-refractivity contribution in [1.29, 1.82) is 0 Å². The van der Waals surface area contributed by atoms with Crippen LogP contribution in [0.3, 0.4) is 0 Å². The molecule has 1 aliphatic rings. The average molecular weight is 314 g/mol. The predicted molar refractivity (Wildman–Crippen MR) is 92.5 cm³/mol. The lowest BCUT2D eigenvalue weighted by atomic mass is 10.0. The van der Waals surface area contributed by atoms with E-state index in [1.807, 2.05) is 23.6 Å². The summed E-state index contributed by atoms with van der Waals surface area (Å²) in [5, 5.41) is 5.21. The summed E-state index contributed by atoms with van der Waals surface area (Å²) in [6.07, 6.45) is 2.07. The third-order valence-corrected chi connectivity index (χ3v) is 5.25. The third-order valence-electron chi connectivity index (χ3n) is 4.34. The minimum absolute atomic E-state index is 0.0674. The lowest BCUT2D eigenvalue weighted by Crippen LogP contribution is -2.43. The molecular weight excluding hydrogens is 292 g/mol. The first-order chi connectivity index (χ1) is 10.6. The van der Waals surface area contributed by atoms with Crippen molar-refractivity contribution in [2.75, 3.05) is 20.1 Å². The van der Waals surface area contributed by atoms with Crippen LogP contribution in [0.2, 0.25) is 0 Å². The number of nitrogens with one attached hydrogen (secondary N) is 1. The van der Waals surface area contributed by atoms with Gasteiger partial charge in [0.2, 0.25) is 0 Å². The molecule has 0 aliphatic carbocycles. The zero-order chi connectivity index (χ0) is 15.5. The van der Waals surface area contributed by atoms with Gasteiger partial charge < -0.3 is 10.2 Å². The Hall–Kier alpha value is -1.65. The number of rotatable bonds is 3. The van der Waals surface area contributed by atoms with E-state index in [1.54, 1.807) is 11.3 Å². The van der Waals surface area contributed by atoms with Crippen LogP contribution in [0.1, 0.15) is 28.1 Å². The molecule has 0 atom stereocenters. The fourth-order valence-corrected chi connectivity index (χ4v) is 3.87. The summed E-state index contributed by atoms with van der Waals surface area (Å²) >= 11 is 1.65. The van der Waals surface area contributed by atoms with Gasteiger partial charge in [0, 0.05) is 21.9 Å². The van der Waals surface area contributed by atoms with Crippen molar-refractivity contribution in [3.05, 3.63) is 46.2 Å². The molecule has 2 aromatic rings. The van der Waals surface area contributed by atoms with E-state index in [-0.39, 0.29) is 5.91 Å². The maximum atomic E-state index is 12.7. The van der Waals surface area contributed by atoms with Crippen LogP contribution in [0.15, 0.2) is 35.7 Å². The molecule has 4 heteroatoms. The molecular formula is C18H22N2OS. The highest BCUT2D eigenvalue weighted by Gasteiger charge is 2.22. The number of nitrogens with zero attached hydrogens (tertiary/aromatic N) is 1. The molecule has 0 bridgehead atoms. The minimum Gasteiger partial charge on any atom is -0.349 e. The van der Waals surface area contributed by atoms with E-state index in [0.29, 0.717) is 6.04 Å². The largest absolute Gasteiger partial charge is 0.349 e. The quantitative estimate of drug-likeness (QED) is 0.939. The smallest absolute Gasteiger partial charge is 0.252 e. The van der Waals surface area contributed by atoms with Crippen molar-refractivity contribution < 1.29 is 4.79 Å². The Morgan fingerprint density at radius 2 is 1.91 bits per heavy atom. The SMILES string of the molecule is Cc1scc(C(=O)NC2CCN(C)CC2)c1-c1ccccc1. The van der Waals surface area contributed by atoms with Gasteiger partial charge in [-0.25, -0.2) is 0 Å². The second-order valence-corrected chi connectivity index (χ2v) is 7.08. The highest BCUT2D eigenvalue weighted by Crippen LogP contribution is 2.32. The number of hydrogen-bond donors (Lipinski definition) is 1. The summed E-state index contributed by atoms with van der Waals surface area (Å²) < 4.78 is 0. The van der Waals surface area contributed by atoms with Crippen LogP contribution in [0.4, 0.5) is 0 Å². The summed E-state index contributed by atoms with van der Waals surface area (Å²) in [5.41, 5.74) is 3.01. The topological polar surface area (TPSA) is 32.3 Å². The Kier molecular flexibility index (Phi) is 4.60. The molecule has 1 aromatic heterocycles. The number of benzene rings is 1. The molecule has 1 saturated heterocycles.